The summed E-state index contributed by atoms with van der Waals surface area (Å²) in [4.78, 5) is 0. The molecular weight excluding hydrogens is 252 g/mol. The average Bonchev–Trinajstić information content (AvgIpc) is 2.49. The van der Waals surface area contributed by atoms with Gasteiger partial charge < -0.3 is 14.8 Å². The van der Waals surface area contributed by atoms with Gasteiger partial charge in [-0.2, -0.15) is 5.26 Å². The molecule has 0 unspecified atom stereocenters. The van der Waals surface area contributed by atoms with Crippen molar-refractivity contribution in [2.24, 2.45) is 0 Å². The van der Waals surface area contributed by atoms with Crippen molar-refractivity contribution in [2.45, 2.75) is 6.92 Å². The summed E-state index contributed by atoms with van der Waals surface area (Å²) in [6.07, 6.45) is 0. The van der Waals surface area contributed by atoms with Gasteiger partial charge in [-0.3, -0.25) is 0 Å². The maximum Gasteiger partial charge on any atom is 0.163 e. The van der Waals surface area contributed by atoms with Crippen molar-refractivity contribution < 1.29 is 9.47 Å². The molecule has 0 spiro atoms. The Morgan fingerprint density at radius 2 is 1.85 bits per heavy atom. The van der Waals surface area contributed by atoms with Crippen molar-refractivity contribution in [3.63, 3.8) is 0 Å². The van der Waals surface area contributed by atoms with E-state index in [1.165, 1.54) is 0 Å². The zero-order valence-electron chi connectivity index (χ0n) is 11.1. The largest absolute Gasteiger partial charge is 0.486 e. The van der Waals surface area contributed by atoms with Gasteiger partial charge in [0.15, 0.2) is 11.5 Å². The lowest BCUT2D eigenvalue weighted by Crippen LogP contribution is -2.15. The van der Waals surface area contributed by atoms with Crippen molar-refractivity contribution in [3.8, 4) is 17.6 Å². The minimum Gasteiger partial charge on any atom is -0.486 e. The van der Waals surface area contributed by atoms with E-state index >= 15 is 0 Å². The van der Waals surface area contributed by atoms with Gasteiger partial charge in [0.25, 0.3) is 0 Å². The number of rotatable bonds is 2. The number of ether oxygens (including phenoxy) is 2. The van der Waals surface area contributed by atoms with Crippen LogP contribution < -0.4 is 14.8 Å². The predicted molar refractivity (Wildman–Crippen MR) is 76.6 cm³/mol. The van der Waals surface area contributed by atoms with E-state index in [9.17, 15) is 5.26 Å². The van der Waals surface area contributed by atoms with Crippen LogP contribution in [0.5, 0.6) is 11.5 Å². The number of hydrogen-bond donors (Lipinski definition) is 1. The van der Waals surface area contributed by atoms with Crippen LogP contribution in [0.3, 0.4) is 0 Å². The van der Waals surface area contributed by atoms with Crippen molar-refractivity contribution in [3.05, 3.63) is 47.5 Å². The third-order valence-electron chi connectivity index (χ3n) is 3.12. The third-order valence-corrected chi connectivity index (χ3v) is 3.12. The third kappa shape index (κ3) is 2.39. The quantitative estimate of drug-likeness (QED) is 0.905. The zero-order chi connectivity index (χ0) is 13.9. The SMILES string of the molecule is Cc1ccc(Nc2ccc3c(c2)OCCO3)c(C#N)c1. The topological polar surface area (TPSA) is 54.3 Å². The van der Waals surface area contributed by atoms with E-state index in [0.29, 0.717) is 18.8 Å². The highest BCUT2D eigenvalue weighted by molar-refractivity contribution is 5.69. The summed E-state index contributed by atoms with van der Waals surface area (Å²) in [5, 5.41) is 12.4. The molecule has 20 heavy (non-hydrogen) atoms. The maximum atomic E-state index is 9.18. The molecule has 0 radical (unpaired) electrons. The Balaban J connectivity index is 1.90. The van der Waals surface area contributed by atoms with E-state index in [1.54, 1.807) is 0 Å². The Morgan fingerprint density at radius 1 is 1.05 bits per heavy atom. The predicted octanol–water partition coefficient (Wildman–Crippen LogP) is 3.38. The maximum absolute atomic E-state index is 9.18. The minimum absolute atomic E-state index is 0.560. The molecule has 1 aliphatic rings. The summed E-state index contributed by atoms with van der Waals surface area (Å²) >= 11 is 0. The Morgan fingerprint density at radius 3 is 2.65 bits per heavy atom. The Bertz CT molecular complexity index is 689. The van der Waals surface area contributed by atoms with Crippen LogP contribution >= 0.6 is 0 Å². The van der Waals surface area contributed by atoms with Crippen LogP contribution in [-0.4, -0.2) is 13.2 Å². The van der Waals surface area contributed by atoms with Gasteiger partial charge in [-0.05, 0) is 36.8 Å². The fourth-order valence-corrected chi connectivity index (χ4v) is 2.14. The van der Waals surface area contributed by atoms with Crippen LogP contribution in [-0.2, 0) is 0 Å². The Kier molecular flexibility index (Phi) is 3.18. The highest BCUT2D eigenvalue weighted by Gasteiger charge is 2.12. The minimum atomic E-state index is 0.560. The molecule has 0 aliphatic carbocycles. The van der Waals surface area contributed by atoms with E-state index in [0.717, 1.165) is 28.4 Å². The fourth-order valence-electron chi connectivity index (χ4n) is 2.14. The van der Waals surface area contributed by atoms with Gasteiger partial charge in [-0.15, -0.1) is 0 Å². The lowest BCUT2D eigenvalue weighted by atomic mass is 10.1. The van der Waals surface area contributed by atoms with Crippen molar-refractivity contribution in [1.29, 1.82) is 5.26 Å². The van der Waals surface area contributed by atoms with Gasteiger partial charge in [0.1, 0.15) is 19.3 Å². The molecule has 2 aromatic carbocycles. The van der Waals surface area contributed by atoms with Gasteiger partial charge in [0.2, 0.25) is 0 Å². The second kappa shape index (κ2) is 5.14. The Hall–Kier alpha value is -2.67. The van der Waals surface area contributed by atoms with Crippen molar-refractivity contribution in [1.82, 2.24) is 0 Å². The van der Waals surface area contributed by atoms with E-state index in [-0.39, 0.29) is 0 Å². The number of nitrogens with one attached hydrogen (secondary N) is 1. The fraction of sp³-hybridized carbons (Fsp3) is 0.188. The number of hydrogen-bond acceptors (Lipinski definition) is 4. The van der Waals surface area contributed by atoms with Crippen molar-refractivity contribution >= 4 is 11.4 Å². The van der Waals surface area contributed by atoms with E-state index in [1.807, 2.05) is 43.3 Å². The molecule has 0 atom stereocenters. The smallest absolute Gasteiger partial charge is 0.163 e. The highest BCUT2D eigenvalue weighted by Crippen LogP contribution is 2.34. The van der Waals surface area contributed by atoms with Gasteiger partial charge >= 0.3 is 0 Å². The molecule has 2 aromatic rings. The van der Waals surface area contributed by atoms with Crippen LogP contribution in [0.25, 0.3) is 0 Å². The first-order chi connectivity index (χ1) is 9.76. The summed E-state index contributed by atoms with van der Waals surface area (Å²) in [6.45, 7) is 3.11. The van der Waals surface area contributed by atoms with Gasteiger partial charge in [-0.1, -0.05) is 6.07 Å². The Labute approximate surface area is 117 Å². The first-order valence-corrected chi connectivity index (χ1v) is 6.44. The molecule has 0 aromatic heterocycles. The summed E-state index contributed by atoms with van der Waals surface area (Å²) in [5.74, 6) is 1.48. The molecule has 3 rings (SSSR count). The second-order valence-electron chi connectivity index (χ2n) is 4.64. The van der Waals surface area contributed by atoms with Crippen LogP contribution in [0.4, 0.5) is 11.4 Å². The van der Waals surface area contributed by atoms with Crippen LogP contribution in [0.15, 0.2) is 36.4 Å². The molecule has 1 heterocycles. The monoisotopic (exact) mass is 266 g/mol. The van der Waals surface area contributed by atoms with E-state index in [2.05, 4.69) is 11.4 Å². The van der Waals surface area contributed by atoms with E-state index < -0.39 is 0 Å². The van der Waals surface area contributed by atoms with E-state index in [4.69, 9.17) is 9.47 Å². The molecule has 0 bridgehead atoms. The lowest BCUT2D eigenvalue weighted by Gasteiger charge is -2.19. The van der Waals surface area contributed by atoms with Crippen molar-refractivity contribution in [2.75, 3.05) is 18.5 Å². The number of anilines is 2. The van der Waals surface area contributed by atoms with Crippen LogP contribution in [0.2, 0.25) is 0 Å². The summed E-state index contributed by atoms with van der Waals surface area (Å²) in [5.41, 5.74) is 3.35. The van der Waals surface area contributed by atoms with Gasteiger partial charge in [0.05, 0.1) is 11.3 Å². The number of benzene rings is 2. The number of nitrogens with zero attached hydrogens (tertiary/aromatic N) is 1. The van der Waals surface area contributed by atoms with Crippen LogP contribution in [0.1, 0.15) is 11.1 Å². The molecule has 0 saturated carbocycles. The van der Waals surface area contributed by atoms with Gasteiger partial charge in [-0.25, -0.2) is 0 Å². The highest BCUT2D eigenvalue weighted by atomic mass is 16.6. The first-order valence-electron chi connectivity index (χ1n) is 6.44. The normalized spacial score (nSPS) is 12.6. The molecule has 1 aliphatic heterocycles. The first kappa shape index (κ1) is 12.4. The molecule has 100 valence electrons. The van der Waals surface area contributed by atoms with Crippen LogP contribution in [0, 0.1) is 18.3 Å². The molecule has 0 saturated heterocycles. The molecule has 1 N–H and O–H groups in total. The molecule has 4 nitrogen and oxygen atoms in total. The standard InChI is InChI=1S/C16H14N2O2/c1-11-2-4-14(12(8-11)10-17)18-13-3-5-15-16(9-13)20-7-6-19-15/h2-5,8-9,18H,6-7H2,1H3. The molecular formula is C16H14N2O2. The average molecular weight is 266 g/mol. The number of fused-ring (bicyclic) bond motifs is 1. The molecule has 0 fully saturated rings. The molecule has 0 amide bonds. The molecule has 4 heteroatoms. The van der Waals surface area contributed by atoms with Gasteiger partial charge in [0, 0.05) is 11.8 Å². The number of nitriles is 1. The second-order valence-corrected chi connectivity index (χ2v) is 4.64. The summed E-state index contributed by atoms with van der Waals surface area (Å²) < 4.78 is 11.0. The summed E-state index contributed by atoms with van der Waals surface area (Å²) in [7, 11) is 0. The number of aryl methyl sites for hydroxylation is 1. The summed E-state index contributed by atoms with van der Waals surface area (Å²) in [6, 6.07) is 13.6. The zero-order valence-corrected chi connectivity index (χ0v) is 11.1. The lowest BCUT2D eigenvalue weighted by molar-refractivity contribution is 0.171.